The number of nitrogen functional groups attached to an aromatic ring is 1. The summed E-state index contributed by atoms with van der Waals surface area (Å²) in [5.74, 6) is 1.04. The fraction of sp³-hybridized carbons (Fsp3) is 0.217. The first-order valence-electron chi connectivity index (χ1n) is 9.49. The molecular weight excluding hydrogens is 364 g/mol. The first-order valence-corrected chi connectivity index (χ1v) is 9.49. The minimum atomic E-state index is -0.126. The number of fused-ring (bicyclic) bond motifs is 1. The van der Waals surface area contributed by atoms with Gasteiger partial charge >= 0.3 is 0 Å². The van der Waals surface area contributed by atoms with Crippen LogP contribution in [0.15, 0.2) is 60.8 Å². The Bertz CT molecular complexity index is 1030. The Morgan fingerprint density at radius 3 is 2.55 bits per heavy atom. The topological polar surface area (TPSA) is 80.5 Å². The zero-order valence-corrected chi connectivity index (χ0v) is 17.0. The summed E-state index contributed by atoms with van der Waals surface area (Å²) in [7, 11) is 3.99. The van der Waals surface area contributed by atoms with Crippen LogP contribution in [-0.4, -0.2) is 43.0 Å². The van der Waals surface area contributed by atoms with Crippen molar-refractivity contribution in [2.75, 3.05) is 33.0 Å². The Morgan fingerprint density at radius 2 is 1.86 bits per heavy atom. The number of nitrogens with two attached hydrogens (primary N) is 1. The number of carbonyl (C=O) groups excluding carboxylic acids is 1. The van der Waals surface area contributed by atoms with E-state index in [0.29, 0.717) is 30.3 Å². The van der Waals surface area contributed by atoms with E-state index in [9.17, 15) is 4.79 Å². The summed E-state index contributed by atoms with van der Waals surface area (Å²) in [6.07, 6.45) is 3.73. The van der Waals surface area contributed by atoms with Gasteiger partial charge in [0.05, 0.1) is 6.54 Å². The fourth-order valence-electron chi connectivity index (χ4n) is 3.17. The SMILES string of the molecule is C/C=C(\c1ccc(C(=O)NCCOc2ccc3ccnc(N)c3c2)cc1)N(C)C. The lowest BCUT2D eigenvalue weighted by atomic mass is 10.1. The molecule has 3 N–H and O–H groups in total. The van der Waals surface area contributed by atoms with Crippen molar-refractivity contribution < 1.29 is 9.53 Å². The monoisotopic (exact) mass is 390 g/mol. The number of rotatable bonds is 7. The predicted octanol–water partition coefficient (Wildman–Crippen LogP) is 3.55. The number of allylic oxidation sites excluding steroid dienone is 1. The Kier molecular flexibility index (Phi) is 6.34. The Morgan fingerprint density at radius 1 is 1.14 bits per heavy atom. The average molecular weight is 390 g/mol. The van der Waals surface area contributed by atoms with Crippen LogP contribution in [0.4, 0.5) is 5.82 Å². The van der Waals surface area contributed by atoms with Crippen molar-refractivity contribution in [2.24, 2.45) is 0 Å². The molecule has 150 valence electrons. The van der Waals surface area contributed by atoms with E-state index in [1.165, 1.54) is 0 Å². The summed E-state index contributed by atoms with van der Waals surface area (Å²) in [5, 5.41) is 4.74. The van der Waals surface area contributed by atoms with Gasteiger partial charge in [0.25, 0.3) is 5.91 Å². The molecule has 3 rings (SSSR count). The third-order valence-electron chi connectivity index (χ3n) is 4.62. The molecule has 1 aromatic heterocycles. The van der Waals surface area contributed by atoms with Crippen LogP contribution in [-0.2, 0) is 0 Å². The van der Waals surface area contributed by atoms with Crippen molar-refractivity contribution in [3.05, 3.63) is 71.9 Å². The second kappa shape index (κ2) is 9.10. The maximum Gasteiger partial charge on any atom is 0.251 e. The van der Waals surface area contributed by atoms with Gasteiger partial charge in [0, 0.05) is 36.9 Å². The average Bonchev–Trinajstić information content (AvgIpc) is 2.72. The molecule has 3 aromatic rings. The number of benzene rings is 2. The van der Waals surface area contributed by atoms with Crippen LogP contribution >= 0.6 is 0 Å². The number of anilines is 1. The lowest BCUT2D eigenvalue weighted by Crippen LogP contribution is -2.28. The van der Waals surface area contributed by atoms with Gasteiger partial charge in [0.15, 0.2) is 0 Å². The number of aromatic nitrogens is 1. The highest BCUT2D eigenvalue weighted by atomic mass is 16.5. The van der Waals surface area contributed by atoms with E-state index in [4.69, 9.17) is 10.5 Å². The first kappa shape index (κ1) is 20.2. The molecule has 1 heterocycles. The number of nitrogens with zero attached hydrogens (tertiary/aromatic N) is 2. The Hall–Kier alpha value is -3.54. The summed E-state index contributed by atoms with van der Waals surface area (Å²) in [6, 6.07) is 15.2. The van der Waals surface area contributed by atoms with Gasteiger partial charge in [-0.2, -0.15) is 0 Å². The van der Waals surface area contributed by atoms with E-state index in [-0.39, 0.29) is 5.91 Å². The summed E-state index contributed by atoms with van der Waals surface area (Å²) in [4.78, 5) is 18.5. The van der Waals surface area contributed by atoms with Crippen LogP contribution in [0, 0.1) is 0 Å². The molecule has 0 fully saturated rings. The third kappa shape index (κ3) is 4.85. The zero-order valence-electron chi connectivity index (χ0n) is 17.0. The predicted molar refractivity (Wildman–Crippen MR) is 118 cm³/mol. The molecule has 6 heteroatoms. The second-order valence-electron chi connectivity index (χ2n) is 6.83. The molecule has 29 heavy (non-hydrogen) atoms. The minimum absolute atomic E-state index is 0.126. The van der Waals surface area contributed by atoms with Gasteiger partial charge in [-0.25, -0.2) is 4.98 Å². The van der Waals surface area contributed by atoms with E-state index < -0.39 is 0 Å². The number of nitrogens with one attached hydrogen (secondary N) is 1. The van der Waals surface area contributed by atoms with Crippen LogP contribution in [0.1, 0.15) is 22.8 Å². The number of hydrogen-bond acceptors (Lipinski definition) is 5. The lowest BCUT2D eigenvalue weighted by Gasteiger charge is -2.17. The number of carbonyl (C=O) groups is 1. The zero-order chi connectivity index (χ0) is 20.8. The molecule has 0 bridgehead atoms. The van der Waals surface area contributed by atoms with E-state index >= 15 is 0 Å². The molecule has 0 atom stereocenters. The highest BCUT2D eigenvalue weighted by Gasteiger charge is 2.08. The van der Waals surface area contributed by atoms with Gasteiger partial charge in [-0.15, -0.1) is 0 Å². The molecule has 0 aliphatic heterocycles. The molecule has 0 aliphatic carbocycles. The quantitative estimate of drug-likeness (QED) is 0.603. The van der Waals surface area contributed by atoms with Gasteiger partial charge in [-0.05, 0) is 48.2 Å². The van der Waals surface area contributed by atoms with Crippen molar-refractivity contribution in [3.63, 3.8) is 0 Å². The standard InChI is InChI=1S/C23H26N4O2/c1-4-21(27(2)3)17-5-7-18(8-6-17)23(28)26-13-14-29-19-10-9-16-11-12-25-22(24)20(16)15-19/h4-12,15H,13-14H2,1-3H3,(H2,24,25)(H,26,28)/b21-4+. The smallest absolute Gasteiger partial charge is 0.251 e. The minimum Gasteiger partial charge on any atom is -0.492 e. The number of hydrogen-bond donors (Lipinski definition) is 2. The maximum absolute atomic E-state index is 12.3. The van der Waals surface area contributed by atoms with E-state index in [1.54, 1.807) is 6.20 Å². The second-order valence-corrected chi connectivity index (χ2v) is 6.83. The molecule has 2 aromatic carbocycles. The van der Waals surface area contributed by atoms with Crippen molar-refractivity contribution in [2.45, 2.75) is 6.92 Å². The molecule has 0 saturated carbocycles. The molecule has 0 saturated heterocycles. The van der Waals surface area contributed by atoms with Crippen LogP contribution in [0.5, 0.6) is 5.75 Å². The van der Waals surface area contributed by atoms with E-state index in [2.05, 4.69) is 10.3 Å². The van der Waals surface area contributed by atoms with Crippen LogP contribution < -0.4 is 15.8 Å². The summed E-state index contributed by atoms with van der Waals surface area (Å²) in [6.45, 7) is 2.76. The number of amides is 1. The van der Waals surface area contributed by atoms with Gasteiger partial charge in [-0.1, -0.05) is 24.3 Å². The summed E-state index contributed by atoms with van der Waals surface area (Å²) in [5.41, 5.74) is 8.71. The highest BCUT2D eigenvalue weighted by molar-refractivity contribution is 5.94. The third-order valence-corrected chi connectivity index (χ3v) is 4.62. The van der Waals surface area contributed by atoms with E-state index in [0.717, 1.165) is 22.0 Å². The number of pyridine rings is 1. The summed E-state index contributed by atoms with van der Waals surface area (Å²) >= 11 is 0. The van der Waals surface area contributed by atoms with Gasteiger partial charge in [-0.3, -0.25) is 4.79 Å². The van der Waals surface area contributed by atoms with Crippen LogP contribution in [0.25, 0.3) is 16.5 Å². The Labute approximate surface area is 171 Å². The van der Waals surface area contributed by atoms with Crippen molar-refractivity contribution in [3.8, 4) is 5.75 Å². The van der Waals surface area contributed by atoms with Gasteiger partial charge in [0.2, 0.25) is 0 Å². The van der Waals surface area contributed by atoms with Crippen molar-refractivity contribution in [1.82, 2.24) is 15.2 Å². The van der Waals surface area contributed by atoms with Crippen molar-refractivity contribution >= 4 is 28.2 Å². The summed E-state index contributed by atoms with van der Waals surface area (Å²) < 4.78 is 5.74. The molecule has 0 spiro atoms. The van der Waals surface area contributed by atoms with Crippen LogP contribution in [0.3, 0.4) is 0 Å². The van der Waals surface area contributed by atoms with E-state index in [1.807, 2.05) is 80.5 Å². The molecule has 0 aliphatic rings. The number of ether oxygens (including phenoxy) is 1. The van der Waals surface area contributed by atoms with Gasteiger partial charge < -0.3 is 20.7 Å². The maximum atomic E-state index is 12.3. The normalized spacial score (nSPS) is 11.3. The molecular formula is C23H26N4O2. The molecule has 1 amide bonds. The molecule has 0 radical (unpaired) electrons. The first-order chi connectivity index (χ1) is 14.0. The van der Waals surface area contributed by atoms with Gasteiger partial charge in [0.1, 0.15) is 18.2 Å². The largest absolute Gasteiger partial charge is 0.492 e. The molecule has 6 nitrogen and oxygen atoms in total. The highest BCUT2D eigenvalue weighted by Crippen LogP contribution is 2.24. The van der Waals surface area contributed by atoms with Crippen LogP contribution in [0.2, 0.25) is 0 Å². The Balaban J connectivity index is 1.53. The fourth-order valence-corrected chi connectivity index (χ4v) is 3.17. The van der Waals surface area contributed by atoms with Crippen molar-refractivity contribution in [1.29, 1.82) is 0 Å². The lowest BCUT2D eigenvalue weighted by molar-refractivity contribution is 0.0947. The molecule has 0 unspecified atom stereocenters.